The molecule has 0 aliphatic rings. The maximum atomic E-state index is 13.5. The van der Waals surface area contributed by atoms with E-state index in [1.807, 2.05) is 0 Å². The van der Waals surface area contributed by atoms with Crippen molar-refractivity contribution in [1.82, 2.24) is 9.97 Å². The van der Waals surface area contributed by atoms with Gasteiger partial charge in [0, 0.05) is 36.8 Å². The largest absolute Gasteiger partial charge is 0.457 e. The average Bonchev–Trinajstić information content (AvgIpc) is 2.58. The molecule has 0 amide bonds. The lowest BCUT2D eigenvalue weighted by Gasteiger charge is -2.13. The molecule has 140 valence electrons. The lowest BCUT2D eigenvalue weighted by atomic mass is 10.1. The first kappa shape index (κ1) is 19.5. The summed E-state index contributed by atoms with van der Waals surface area (Å²) >= 11 is 0. The van der Waals surface area contributed by atoms with Crippen LogP contribution in [0.25, 0.3) is 0 Å². The smallest absolute Gasteiger partial charge is 0.316 e. The van der Waals surface area contributed by atoms with Crippen molar-refractivity contribution >= 4 is 5.69 Å². The van der Waals surface area contributed by atoms with Crippen LogP contribution in [0.1, 0.15) is 31.1 Å². The molecule has 0 aliphatic heterocycles. The van der Waals surface area contributed by atoms with E-state index in [1.165, 1.54) is 24.7 Å². The fraction of sp³-hybridized carbons (Fsp3) is 0.294. The first-order chi connectivity index (χ1) is 12.2. The summed E-state index contributed by atoms with van der Waals surface area (Å²) in [5.41, 5.74) is 6.08. The molecule has 0 radical (unpaired) electrons. The standard InChI is InChI=1S/C17H19F3N4O2/c1-10(25)11-6-23-16(24-7-11)26-9-12(21)8-22-13-3-4-15(18)14(5-13)17(2,19)20/h3-8,10,22,25H,9,21H2,1-2H3/b12-8-. The highest BCUT2D eigenvalue weighted by Crippen LogP contribution is 2.31. The molecule has 6 nitrogen and oxygen atoms in total. The van der Waals surface area contributed by atoms with Gasteiger partial charge in [-0.15, -0.1) is 0 Å². The van der Waals surface area contributed by atoms with Crippen molar-refractivity contribution in [2.45, 2.75) is 25.9 Å². The SMILES string of the molecule is CC(O)c1cnc(OC/C(N)=C/Nc2ccc(F)c(C(C)(F)F)c2)nc1. The summed E-state index contributed by atoms with van der Waals surface area (Å²) in [6.45, 7) is 2.15. The van der Waals surface area contributed by atoms with Crippen molar-refractivity contribution in [2.24, 2.45) is 5.73 Å². The van der Waals surface area contributed by atoms with Crippen molar-refractivity contribution in [2.75, 3.05) is 11.9 Å². The molecule has 1 aromatic heterocycles. The van der Waals surface area contributed by atoms with Gasteiger partial charge in [0.15, 0.2) is 0 Å². The summed E-state index contributed by atoms with van der Waals surface area (Å²) in [5.74, 6) is -4.28. The molecular weight excluding hydrogens is 349 g/mol. The fourth-order valence-electron chi connectivity index (χ4n) is 1.93. The number of aliphatic hydroxyl groups excluding tert-OH is 1. The van der Waals surface area contributed by atoms with Gasteiger partial charge in [-0.2, -0.15) is 0 Å². The van der Waals surface area contributed by atoms with Gasteiger partial charge in [0.05, 0.1) is 17.4 Å². The lowest BCUT2D eigenvalue weighted by Crippen LogP contribution is -2.13. The van der Waals surface area contributed by atoms with Crippen LogP contribution < -0.4 is 15.8 Å². The second kappa shape index (κ2) is 8.05. The second-order valence-corrected chi connectivity index (χ2v) is 5.71. The van der Waals surface area contributed by atoms with E-state index in [-0.39, 0.29) is 24.0 Å². The van der Waals surface area contributed by atoms with E-state index in [2.05, 4.69) is 15.3 Å². The van der Waals surface area contributed by atoms with Gasteiger partial charge >= 0.3 is 6.01 Å². The molecule has 2 aromatic rings. The minimum Gasteiger partial charge on any atom is -0.457 e. The minimum absolute atomic E-state index is 0.0565. The number of nitrogens with two attached hydrogens (primary N) is 1. The van der Waals surface area contributed by atoms with Gasteiger partial charge in [0.2, 0.25) is 0 Å². The zero-order valence-corrected chi connectivity index (χ0v) is 14.2. The van der Waals surface area contributed by atoms with E-state index in [0.717, 1.165) is 12.1 Å². The van der Waals surface area contributed by atoms with E-state index < -0.39 is 23.4 Å². The Bertz CT molecular complexity index is 775. The van der Waals surface area contributed by atoms with Crippen molar-refractivity contribution in [3.05, 3.63) is 59.4 Å². The number of hydrogen-bond donors (Lipinski definition) is 3. The molecule has 26 heavy (non-hydrogen) atoms. The molecule has 1 atom stereocenters. The Morgan fingerprint density at radius 2 is 2.04 bits per heavy atom. The Morgan fingerprint density at radius 3 is 2.62 bits per heavy atom. The summed E-state index contributed by atoms with van der Waals surface area (Å²) < 4.78 is 45.4. The number of nitrogens with one attached hydrogen (secondary N) is 1. The summed E-state index contributed by atoms with van der Waals surface area (Å²) in [6.07, 6.45) is 3.51. The van der Waals surface area contributed by atoms with Crippen molar-refractivity contribution < 1.29 is 23.0 Å². The zero-order valence-electron chi connectivity index (χ0n) is 14.2. The Balaban J connectivity index is 1.96. The summed E-state index contributed by atoms with van der Waals surface area (Å²) in [4.78, 5) is 7.83. The first-order valence-electron chi connectivity index (χ1n) is 7.68. The average molecular weight is 368 g/mol. The van der Waals surface area contributed by atoms with Gasteiger partial charge < -0.3 is 20.9 Å². The Hall–Kier alpha value is -2.81. The number of aliphatic hydroxyl groups is 1. The maximum absolute atomic E-state index is 13.5. The first-order valence-corrected chi connectivity index (χ1v) is 7.68. The third kappa shape index (κ3) is 5.35. The van der Waals surface area contributed by atoms with Gasteiger partial charge in [-0.1, -0.05) is 0 Å². The van der Waals surface area contributed by atoms with Crippen LogP contribution in [0.2, 0.25) is 0 Å². The second-order valence-electron chi connectivity index (χ2n) is 5.71. The highest BCUT2D eigenvalue weighted by atomic mass is 19.3. The van der Waals surface area contributed by atoms with Gasteiger partial charge in [0.25, 0.3) is 5.92 Å². The van der Waals surface area contributed by atoms with Gasteiger partial charge in [-0.05, 0) is 25.1 Å². The van der Waals surface area contributed by atoms with Crippen molar-refractivity contribution in [3.63, 3.8) is 0 Å². The predicted molar refractivity (Wildman–Crippen MR) is 90.0 cm³/mol. The van der Waals surface area contributed by atoms with E-state index in [4.69, 9.17) is 10.5 Å². The van der Waals surface area contributed by atoms with E-state index >= 15 is 0 Å². The van der Waals surface area contributed by atoms with Crippen LogP contribution in [0.3, 0.4) is 0 Å². The van der Waals surface area contributed by atoms with Gasteiger partial charge in [-0.25, -0.2) is 23.1 Å². The quantitative estimate of drug-likeness (QED) is 0.696. The number of anilines is 1. The molecule has 0 fully saturated rings. The predicted octanol–water partition coefficient (Wildman–Crippen LogP) is 3.07. The summed E-state index contributed by atoms with van der Waals surface area (Å²) in [5, 5.41) is 12.1. The Labute approximate surface area is 148 Å². The molecule has 0 bridgehead atoms. The van der Waals surface area contributed by atoms with Gasteiger partial charge in [0.1, 0.15) is 12.4 Å². The number of nitrogens with zero attached hydrogens (tertiary/aromatic N) is 2. The lowest BCUT2D eigenvalue weighted by molar-refractivity contribution is 0.0138. The number of ether oxygens (including phenoxy) is 1. The minimum atomic E-state index is -3.30. The fourth-order valence-corrected chi connectivity index (χ4v) is 1.93. The molecule has 0 aliphatic carbocycles. The van der Waals surface area contributed by atoms with E-state index in [0.29, 0.717) is 12.5 Å². The Kier molecular flexibility index (Phi) is 6.04. The molecule has 1 unspecified atom stereocenters. The van der Waals surface area contributed by atoms with E-state index in [1.54, 1.807) is 6.92 Å². The number of benzene rings is 1. The molecule has 2 rings (SSSR count). The molecule has 0 saturated carbocycles. The highest BCUT2D eigenvalue weighted by Gasteiger charge is 2.28. The molecule has 0 saturated heterocycles. The number of rotatable bonds is 7. The third-order valence-corrected chi connectivity index (χ3v) is 3.36. The molecule has 4 N–H and O–H groups in total. The van der Waals surface area contributed by atoms with Crippen LogP contribution in [-0.2, 0) is 5.92 Å². The number of halogens is 3. The normalized spacial score (nSPS) is 13.4. The third-order valence-electron chi connectivity index (χ3n) is 3.36. The van der Waals surface area contributed by atoms with Crippen LogP contribution in [0.5, 0.6) is 6.01 Å². The zero-order chi connectivity index (χ0) is 19.3. The van der Waals surface area contributed by atoms with Crippen LogP contribution in [-0.4, -0.2) is 21.7 Å². The number of hydrogen-bond acceptors (Lipinski definition) is 6. The molecule has 1 aromatic carbocycles. The van der Waals surface area contributed by atoms with Crippen LogP contribution in [0.4, 0.5) is 18.9 Å². The molecule has 1 heterocycles. The topological polar surface area (TPSA) is 93.3 Å². The summed E-state index contributed by atoms with van der Waals surface area (Å²) in [6, 6.07) is 3.35. The van der Waals surface area contributed by atoms with Gasteiger partial charge in [-0.3, -0.25) is 0 Å². The summed E-state index contributed by atoms with van der Waals surface area (Å²) in [7, 11) is 0. The highest BCUT2D eigenvalue weighted by molar-refractivity contribution is 5.49. The van der Waals surface area contributed by atoms with Crippen molar-refractivity contribution in [1.29, 1.82) is 0 Å². The molecule has 9 heteroatoms. The molecular formula is C17H19F3N4O2. The van der Waals surface area contributed by atoms with Crippen molar-refractivity contribution in [3.8, 4) is 6.01 Å². The number of alkyl halides is 2. The van der Waals surface area contributed by atoms with Crippen LogP contribution >= 0.6 is 0 Å². The molecule has 0 spiro atoms. The van der Waals surface area contributed by atoms with E-state index in [9.17, 15) is 18.3 Å². The van der Waals surface area contributed by atoms with Crippen LogP contribution in [0.15, 0.2) is 42.5 Å². The monoisotopic (exact) mass is 368 g/mol. The van der Waals surface area contributed by atoms with Crippen LogP contribution in [0, 0.1) is 5.82 Å². The maximum Gasteiger partial charge on any atom is 0.316 e. The number of aromatic nitrogens is 2. The Morgan fingerprint density at radius 1 is 1.38 bits per heavy atom.